The standard InChI is InChI=1S/C14H28S/c1-4-14(15)10-7-12(3)13-8-5-11(2)6-9-13/h11-15H,4-10H2,1-3H3. The van der Waals surface area contributed by atoms with Crippen LogP contribution in [0, 0.1) is 17.8 Å². The van der Waals surface area contributed by atoms with E-state index in [1.807, 2.05) is 0 Å². The molecule has 90 valence electrons. The summed E-state index contributed by atoms with van der Waals surface area (Å²) in [4.78, 5) is 0. The van der Waals surface area contributed by atoms with Gasteiger partial charge in [0.1, 0.15) is 0 Å². The highest BCUT2D eigenvalue weighted by molar-refractivity contribution is 7.80. The minimum absolute atomic E-state index is 0.634. The zero-order valence-corrected chi connectivity index (χ0v) is 11.6. The van der Waals surface area contributed by atoms with Crippen LogP contribution in [-0.4, -0.2) is 5.25 Å². The summed E-state index contributed by atoms with van der Waals surface area (Å²) in [6.45, 7) is 7.10. The molecule has 0 radical (unpaired) electrons. The van der Waals surface area contributed by atoms with Crippen molar-refractivity contribution >= 4 is 12.6 Å². The average molecular weight is 228 g/mol. The van der Waals surface area contributed by atoms with E-state index in [0.29, 0.717) is 5.25 Å². The van der Waals surface area contributed by atoms with Gasteiger partial charge in [0.25, 0.3) is 0 Å². The molecule has 0 aromatic heterocycles. The van der Waals surface area contributed by atoms with Crippen LogP contribution in [0.4, 0.5) is 0 Å². The van der Waals surface area contributed by atoms with Crippen molar-refractivity contribution in [3.63, 3.8) is 0 Å². The molecule has 1 aliphatic carbocycles. The van der Waals surface area contributed by atoms with Gasteiger partial charge in [-0.15, -0.1) is 0 Å². The van der Waals surface area contributed by atoms with Gasteiger partial charge in [-0.2, -0.15) is 12.6 Å². The molecule has 15 heavy (non-hydrogen) atoms. The Labute approximate surface area is 102 Å². The number of hydrogen-bond donors (Lipinski definition) is 1. The molecule has 0 saturated heterocycles. The first kappa shape index (κ1) is 13.4. The number of rotatable bonds is 5. The Hall–Kier alpha value is 0.350. The Balaban J connectivity index is 2.19. The normalized spacial score (nSPS) is 31.2. The van der Waals surface area contributed by atoms with Crippen LogP contribution in [0.25, 0.3) is 0 Å². The maximum atomic E-state index is 4.58. The fourth-order valence-corrected chi connectivity index (χ4v) is 2.90. The summed E-state index contributed by atoms with van der Waals surface area (Å²) >= 11 is 4.58. The van der Waals surface area contributed by atoms with Crippen molar-refractivity contribution in [2.24, 2.45) is 17.8 Å². The van der Waals surface area contributed by atoms with Gasteiger partial charge in [0.15, 0.2) is 0 Å². The number of hydrogen-bond acceptors (Lipinski definition) is 1. The zero-order chi connectivity index (χ0) is 11.3. The molecule has 1 saturated carbocycles. The largest absolute Gasteiger partial charge is 0.176 e. The van der Waals surface area contributed by atoms with E-state index in [1.54, 1.807) is 0 Å². The molecule has 1 fully saturated rings. The summed E-state index contributed by atoms with van der Waals surface area (Å²) in [5, 5.41) is 0.634. The first-order chi connectivity index (χ1) is 7.13. The van der Waals surface area contributed by atoms with Crippen LogP contribution < -0.4 is 0 Å². The Bertz CT molecular complexity index is 159. The second kappa shape index (κ2) is 6.83. The highest BCUT2D eigenvalue weighted by Gasteiger charge is 2.23. The Morgan fingerprint density at radius 1 is 1.13 bits per heavy atom. The monoisotopic (exact) mass is 228 g/mol. The molecule has 1 heteroatoms. The molecule has 0 amide bonds. The van der Waals surface area contributed by atoms with Gasteiger partial charge >= 0.3 is 0 Å². The van der Waals surface area contributed by atoms with Gasteiger partial charge in [0, 0.05) is 5.25 Å². The van der Waals surface area contributed by atoms with E-state index in [9.17, 15) is 0 Å². The fraction of sp³-hybridized carbons (Fsp3) is 1.00. The molecule has 1 rings (SSSR count). The van der Waals surface area contributed by atoms with E-state index < -0.39 is 0 Å². The van der Waals surface area contributed by atoms with E-state index in [2.05, 4.69) is 33.4 Å². The third-order valence-corrected chi connectivity index (χ3v) is 4.92. The Morgan fingerprint density at radius 3 is 2.27 bits per heavy atom. The predicted molar refractivity (Wildman–Crippen MR) is 72.6 cm³/mol. The van der Waals surface area contributed by atoms with Gasteiger partial charge in [-0.05, 0) is 49.9 Å². The quantitative estimate of drug-likeness (QED) is 0.633. The summed E-state index contributed by atoms with van der Waals surface area (Å²) in [6.07, 6.45) is 9.81. The third-order valence-electron chi connectivity index (χ3n) is 4.29. The molecule has 0 aliphatic heterocycles. The lowest BCUT2D eigenvalue weighted by atomic mass is 9.75. The van der Waals surface area contributed by atoms with Crippen LogP contribution in [0.1, 0.15) is 65.7 Å². The third kappa shape index (κ3) is 4.80. The van der Waals surface area contributed by atoms with Crippen LogP contribution in [0.15, 0.2) is 0 Å². The summed E-state index contributed by atoms with van der Waals surface area (Å²) in [5.74, 6) is 2.93. The second-order valence-electron chi connectivity index (χ2n) is 5.64. The van der Waals surface area contributed by atoms with Gasteiger partial charge in [-0.1, -0.05) is 33.6 Å². The van der Waals surface area contributed by atoms with Crippen LogP contribution in [0.3, 0.4) is 0 Å². The van der Waals surface area contributed by atoms with E-state index in [1.165, 1.54) is 44.9 Å². The Morgan fingerprint density at radius 2 is 1.73 bits per heavy atom. The van der Waals surface area contributed by atoms with Gasteiger partial charge in [0.05, 0.1) is 0 Å². The van der Waals surface area contributed by atoms with E-state index in [-0.39, 0.29) is 0 Å². The van der Waals surface area contributed by atoms with Crippen molar-refractivity contribution in [2.75, 3.05) is 0 Å². The minimum atomic E-state index is 0.634. The van der Waals surface area contributed by atoms with E-state index in [0.717, 1.165) is 17.8 Å². The fourth-order valence-electron chi connectivity index (χ4n) is 2.75. The molecule has 1 aliphatic rings. The lowest BCUT2D eigenvalue weighted by molar-refractivity contribution is 0.213. The summed E-state index contributed by atoms with van der Waals surface area (Å²) in [5.41, 5.74) is 0. The molecule has 0 heterocycles. The minimum Gasteiger partial charge on any atom is -0.176 e. The second-order valence-corrected chi connectivity index (χ2v) is 6.37. The molecule has 0 aromatic carbocycles. The average Bonchev–Trinajstić information content (AvgIpc) is 2.26. The van der Waals surface area contributed by atoms with Crippen molar-refractivity contribution < 1.29 is 0 Å². The van der Waals surface area contributed by atoms with Crippen LogP contribution in [0.2, 0.25) is 0 Å². The first-order valence-corrected chi connectivity index (χ1v) is 7.33. The molecule has 0 N–H and O–H groups in total. The highest BCUT2D eigenvalue weighted by Crippen LogP contribution is 2.35. The molecule has 0 nitrogen and oxygen atoms in total. The molecule has 0 aromatic rings. The van der Waals surface area contributed by atoms with Gasteiger partial charge in [-0.25, -0.2) is 0 Å². The molecule has 2 unspecified atom stereocenters. The number of thiol groups is 1. The van der Waals surface area contributed by atoms with Crippen molar-refractivity contribution in [3.8, 4) is 0 Å². The van der Waals surface area contributed by atoms with Crippen LogP contribution in [0.5, 0.6) is 0 Å². The van der Waals surface area contributed by atoms with Crippen molar-refractivity contribution in [1.29, 1.82) is 0 Å². The van der Waals surface area contributed by atoms with Gasteiger partial charge in [-0.3, -0.25) is 0 Å². The lowest BCUT2D eigenvalue weighted by Crippen LogP contribution is -2.19. The summed E-state index contributed by atoms with van der Waals surface area (Å²) in [6, 6.07) is 0. The first-order valence-electron chi connectivity index (χ1n) is 6.81. The molecular formula is C14H28S. The van der Waals surface area contributed by atoms with E-state index in [4.69, 9.17) is 0 Å². The molecule has 0 spiro atoms. The van der Waals surface area contributed by atoms with Crippen LogP contribution >= 0.6 is 12.6 Å². The van der Waals surface area contributed by atoms with E-state index >= 15 is 0 Å². The zero-order valence-electron chi connectivity index (χ0n) is 10.7. The van der Waals surface area contributed by atoms with Crippen molar-refractivity contribution in [2.45, 2.75) is 71.0 Å². The van der Waals surface area contributed by atoms with Gasteiger partial charge < -0.3 is 0 Å². The van der Waals surface area contributed by atoms with Crippen molar-refractivity contribution in [1.82, 2.24) is 0 Å². The predicted octanol–water partition coefficient (Wildman–Crippen LogP) is 4.94. The smallest absolute Gasteiger partial charge is 0.00142 e. The van der Waals surface area contributed by atoms with Crippen molar-refractivity contribution in [3.05, 3.63) is 0 Å². The topological polar surface area (TPSA) is 0 Å². The highest BCUT2D eigenvalue weighted by atomic mass is 32.1. The SMILES string of the molecule is CCC(S)CCC(C)C1CCC(C)CC1. The molecular weight excluding hydrogens is 200 g/mol. The van der Waals surface area contributed by atoms with Crippen LogP contribution in [-0.2, 0) is 0 Å². The summed E-state index contributed by atoms with van der Waals surface area (Å²) in [7, 11) is 0. The molecule has 0 bridgehead atoms. The molecule has 2 atom stereocenters. The lowest BCUT2D eigenvalue weighted by Gasteiger charge is -2.31. The maximum Gasteiger partial charge on any atom is 0.00142 e. The Kier molecular flexibility index (Phi) is 6.11. The maximum absolute atomic E-state index is 4.58. The summed E-state index contributed by atoms with van der Waals surface area (Å²) < 4.78 is 0. The van der Waals surface area contributed by atoms with Gasteiger partial charge in [0.2, 0.25) is 0 Å².